The Bertz CT molecular complexity index is 431. The van der Waals surface area contributed by atoms with E-state index in [9.17, 15) is 5.11 Å². The predicted octanol–water partition coefficient (Wildman–Crippen LogP) is 3.74. The second kappa shape index (κ2) is 5.22. The Morgan fingerprint density at radius 3 is 2.78 bits per heavy atom. The number of anilines is 1. The Hall–Kier alpha value is -0.540. The average Bonchev–Trinajstić information content (AvgIpc) is 2.56. The third kappa shape index (κ3) is 2.43. The van der Waals surface area contributed by atoms with Gasteiger partial charge in [-0.05, 0) is 73.2 Å². The smallest absolute Gasteiger partial charge is 0.0515 e. The third-order valence-electron chi connectivity index (χ3n) is 4.27. The molecule has 0 aliphatic carbocycles. The highest BCUT2D eigenvalue weighted by Gasteiger charge is 2.41. The Labute approximate surface area is 118 Å². The number of rotatable bonds is 3. The molecule has 0 bridgehead atoms. The molecule has 1 unspecified atom stereocenters. The lowest BCUT2D eigenvalue weighted by Crippen LogP contribution is -2.43. The molecule has 0 saturated carbocycles. The van der Waals surface area contributed by atoms with Gasteiger partial charge >= 0.3 is 0 Å². The van der Waals surface area contributed by atoms with E-state index in [-0.39, 0.29) is 12.1 Å². The lowest BCUT2D eigenvalue weighted by Gasteiger charge is -2.38. The van der Waals surface area contributed by atoms with Crippen LogP contribution in [0.3, 0.4) is 0 Å². The zero-order valence-corrected chi connectivity index (χ0v) is 13.0. The van der Waals surface area contributed by atoms with E-state index >= 15 is 0 Å². The lowest BCUT2D eigenvalue weighted by atomic mass is 9.86. The Morgan fingerprint density at radius 2 is 2.17 bits per heavy atom. The fraction of sp³-hybridized carbons (Fsp3) is 0.600. The standard InChI is InChI=1S/C15H22BrNO/c1-11-4-5-14(13(16)10-11)17-8-6-12(7-9-18)15(17,2)3/h4-5,10,12,18H,6-9H2,1-3H3. The summed E-state index contributed by atoms with van der Waals surface area (Å²) in [6.45, 7) is 8.04. The molecular formula is C15H22BrNO. The number of nitrogens with zero attached hydrogens (tertiary/aromatic N) is 1. The van der Waals surface area contributed by atoms with Gasteiger partial charge in [0.05, 0.1) is 5.69 Å². The number of benzene rings is 1. The first-order chi connectivity index (χ1) is 8.46. The zero-order valence-electron chi connectivity index (χ0n) is 11.4. The molecule has 1 aliphatic heterocycles. The molecule has 1 aromatic carbocycles. The van der Waals surface area contributed by atoms with Crippen LogP contribution in [0.4, 0.5) is 5.69 Å². The summed E-state index contributed by atoms with van der Waals surface area (Å²) in [7, 11) is 0. The predicted molar refractivity (Wildman–Crippen MR) is 80.1 cm³/mol. The molecule has 1 aromatic rings. The molecule has 100 valence electrons. The first-order valence-electron chi connectivity index (χ1n) is 6.61. The summed E-state index contributed by atoms with van der Waals surface area (Å²) >= 11 is 3.68. The fourth-order valence-electron chi connectivity index (χ4n) is 3.06. The third-order valence-corrected chi connectivity index (χ3v) is 4.90. The van der Waals surface area contributed by atoms with E-state index in [1.807, 2.05) is 0 Å². The molecular weight excluding hydrogens is 290 g/mol. The van der Waals surface area contributed by atoms with Crippen LogP contribution >= 0.6 is 15.9 Å². The molecule has 0 amide bonds. The monoisotopic (exact) mass is 311 g/mol. The van der Waals surface area contributed by atoms with E-state index in [4.69, 9.17) is 0 Å². The van der Waals surface area contributed by atoms with Crippen LogP contribution in [0.2, 0.25) is 0 Å². The van der Waals surface area contributed by atoms with Crippen molar-refractivity contribution in [2.24, 2.45) is 5.92 Å². The SMILES string of the molecule is Cc1ccc(N2CCC(CCO)C2(C)C)c(Br)c1. The highest BCUT2D eigenvalue weighted by molar-refractivity contribution is 9.10. The van der Waals surface area contributed by atoms with Gasteiger partial charge in [0.25, 0.3) is 0 Å². The van der Waals surface area contributed by atoms with E-state index in [2.05, 4.69) is 59.8 Å². The summed E-state index contributed by atoms with van der Waals surface area (Å²) in [4.78, 5) is 2.47. The molecule has 1 N–H and O–H groups in total. The summed E-state index contributed by atoms with van der Waals surface area (Å²) in [6.07, 6.45) is 2.06. The van der Waals surface area contributed by atoms with Gasteiger partial charge in [-0.15, -0.1) is 0 Å². The second-order valence-corrected chi connectivity index (χ2v) is 6.61. The fourth-order valence-corrected chi connectivity index (χ4v) is 3.77. The van der Waals surface area contributed by atoms with E-state index in [1.165, 1.54) is 15.7 Å². The van der Waals surface area contributed by atoms with Gasteiger partial charge in [-0.25, -0.2) is 0 Å². The molecule has 0 spiro atoms. The van der Waals surface area contributed by atoms with Gasteiger partial charge in [0, 0.05) is 23.2 Å². The number of halogens is 1. The van der Waals surface area contributed by atoms with Crippen molar-refractivity contribution < 1.29 is 5.11 Å². The van der Waals surface area contributed by atoms with Gasteiger partial charge in [-0.2, -0.15) is 0 Å². The lowest BCUT2D eigenvalue weighted by molar-refractivity contribution is 0.229. The maximum atomic E-state index is 9.18. The van der Waals surface area contributed by atoms with Crippen molar-refractivity contribution in [1.29, 1.82) is 0 Å². The maximum absolute atomic E-state index is 9.18. The van der Waals surface area contributed by atoms with Crippen LogP contribution < -0.4 is 4.90 Å². The molecule has 2 nitrogen and oxygen atoms in total. The number of hydrogen-bond acceptors (Lipinski definition) is 2. The van der Waals surface area contributed by atoms with Gasteiger partial charge in [-0.1, -0.05) is 6.07 Å². The van der Waals surface area contributed by atoms with E-state index in [0.717, 1.165) is 19.4 Å². The van der Waals surface area contributed by atoms with Crippen LogP contribution in [0.15, 0.2) is 22.7 Å². The summed E-state index contributed by atoms with van der Waals surface area (Å²) in [5, 5.41) is 9.18. The van der Waals surface area contributed by atoms with Gasteiger partial charge in [0.15, 0.2) is 0 Å². The molecule has 1 saturated heterocycles. The van der Waals surface area contributed by atoms with Crippen molar-refractivity contribution in [2.75, 3.05) is 18.1 Å². The van der Waals surface area contributed by atoms with Crippen molar-refractivity contribution in [3.8, 4) is 0 Å². The molecule has 1 fully saturated rings. The van der Waals surface area contributed by atoms with Gasteiger partial charge in [-0.3, -0.25) is 0 Å². The zero-order chi connectivity index (χ0) is 13.3. The number of aliphatic hydroxyl groups is 1. The van der Waals surface area contributed by atoms with Gasteiger partial charge < -0.3 is 10.0 Å². The molecule has 0 radical (unpaired) electrons. The molecule has 18 heavy (non-hydrogen) atoms. The van der Waals surface area contributed by atoms with Crippen molar-refractivity contribution in [2.45, 2.75) is 39.2 Å². The van der Waals surface area contributed by atoms with Crippen LogP contribution in [-0.4, -0.2) is 23.8 Å². The first kappa shape index (κ1) is 13.9. The normalized spacial score (nSPS) is 22.5. The van der Waals surface area contributed by atoms with E-state index in [1.54, 1.807) is 0 Å². The summed E-state index contributed by atoms with van der Waals surface area (Å²) in [5.74, 6) is 0.565. The number of aryl methyl sites for hydroxylation is 1. The molecule has 1 aliphatic rings. The second-order valence-electron chi connectivity index (χ2n) is 5.76. The van der Waals surface area contributed by atoms with Crippen LogP contribution in [-0.2, 0) is 0 Å². The average molecular weight is 312 g/mol. The minimum Gasteiger partial charge on any atom is -0.396 e. The van der Waals surface area contributed by atoms with Gasteiger partial charge in [0.1, 0.15) is 0 Å². The quantitative estimate of drug-likeness (QED) is 0.919. The summed E-state index contributed by atoms with van der Waals surface area (Å²) < 4.78 is 1.17. The molecule has 1 heterocycles. The largest absolute Gasteiger partial charge is 0.396 e. The van der Waals surface area contributed by atoms with E-state index < -0.39 is 0 Å². The highest BCUT2D eigenvalue weighted by atomic mass is 79.9. The van der Waals surface area contributed by atoms with Crippen LogP contribution in [0.1, 0.15) is 32.3 Å². The van der Waals surface area contributed by atoms with Crippen molar-refractivity contribution >= 4 is 21.6 Å². The minimum absolute atomic E-state index is 0.112. The molecule has 1 atom stereocenters. The summed E-state index contributed by atoms with van der Waals surface area (Å²) in [6, 6.07) is 6.53. The van der Waals surface area contributed by atoms with Crippen molar-refractivity contribution in [1.82, 2.24) is 0 Å². The van der Waals surface area contributed by atoms with Crippen LogP contribution in [0.5, 0.6) is 0 Å². The molecule has 3 heteroatoms. The number of aliphatic hydroxyl groups excluding tert-OH is 1. The van der Waals surface area contributed by atoms with Crippen molar-refractivity contribution in [3.05, 3.63) is 28.2 Å². The van der Waals surface area contributed by atoms with Crippen LogP contribution in [0.25, 0.3) is 0 Å². The Balaban J connectivity index is 2.29. The van der Waals surface area contributed by atoms with Gasteiger partial charge in [0.2, 0.25) is 0 Å². The summed E-state index contributed by atoms with van der Waals surface area (Å²) in [5.41, 5.74) is 2.65. The van der Waals surface area contributed by atoms with Crippen LogP contribution in [0, 0.1) is 12.8 Å². The number of hydrogen-bond donors (Lipinski definition) is 1. The Morgan fingerprint density at radius 1 is 1.44 bits per heavy atom. The molecule has 0 aromatic heterocycles. The van der Waals surface area contributed by atoms with E-state index in [0.29, 0.717) is 5.92 Å². The Kier molecular flexibility index (Phi) is 4.02. The van der Waals surface area contributed by atoms with Crippen molar-refractivity contribution in [3.63, 3.8) is 0 Å². The highest BCUT2D eigenvalue weighted by Crippen LogP contribution is 2.42. The molecule has 2 rings (SSSR count). The minimum atomic E-state index is 0.112. The first-order valence-corrected chi connectivity index (χ1v) is 7.40. The maximum Gasteiger partial charge on any atom is 0.0515 e. The topological polar surface area (TPSA) is 23.5 Å².